The van der Waals surface area contributed by atoms with Gasteiger partial charge < -0.3 is 20.4 Å². The second-order valence-electron chi connectivity index (χ2n) is 9.49. The van der Waals surface area contributed by atoms with Gasteiger partial charge in [-0.2, -0.15) is 0 Å². The van der Waals surface area contributed by atoms with Gasteiger partial charge >= 0.3 is 0 Å². The molecule has 2 rings (SSSR count). The lowest BCUT2D eigenvalue weighted by Crippen LogP contribution is -2.47. The van der Waals surface area contributed by atoms with Gasteiger partial charge in [0.05, 0.1) is 12.6 Å². The minimum absolute atomic E-state index is 0.0538. The van der Waals surface area contributed by atoms with E-state index < -0.39 is 6.04 Å². The number of likely N-dealkylation sites (N-methyl/N-ethyl adjacent to an activating group) is 1. The van der Waals surface area contributed by atoms with Gasteiger partial charge in [0.25, 0.3) is 0 Å². The highest BCUT2D eigenvalue weighted by Crippen LogP contribution is 2.24. The summed E-state index contributed by atoms with van der Waals surface area (Å²) < 4.78 is 0. The molecule has 180 valence electrons. The van der Waals surface area contributed by atoms with E-state index in [9.17, 15) is 19.2 Å². The SMILES string of the molecule is C/C(=C\[C@H](C(C)C)N(C)C(=O)CNC=O)C(=O)N1CCCC1C(=O)NCC1CCCCC1. The maximum Gasteiger partial charge on any atom is 0.249 e. The predicted molar refractivity (Wildman–Crippen MR) is 124 cm³/mol. The Bertz CT molecular complexity index is 700. The number of nitrogens with zero attached hydrogens (tertiary/aromatic N) is 2. The van der Waals surface area contributed by atoms with Gasteiger partial charge in [-0.25, -0.2) is 0 Å². The molecule has 1 unspecified atom stereocenters. The molecule has 0 radical (unpaired) electrons. The van der Waals surface area contributed by atoms with Crippen molar-refractivity contribution in [1.82, 2.24) is 20.4 Å². The topological polar surface area (TPSA) is 98.8 Å². The van der Waals surface area contributed by atoms with Crippen molar-refractivity contribution in [2.45, 2.75) is 77.8 Å². The van der Waals surface area contributed by atoms with Crippen LogP contribution < -0.4 is 10.6 Å². The fourth-order valence-electron chi connectivity index (χ4n) is 4.76. The van der Waals surface area contributed by atoms with Crippen molar-refractivity contribution in [3.63, 3.8) is 0 Å². The Kier molecular flexibility index (Phi) is 10.2. The average molecular weight is 449 g/mol. The van der Waals surface area contributed by atoms with Crippen LogP contribution in [0.3, 0.4) is 0 Å². The Hall–Kier alpha value is -2.38. The molecule has 4 amide bonds. The predicted octanol–water partition coefficient (Wildman–Crippen LogP) is 1.85. The fraction of sp³-hybridized carbons (Fsp3) is 0.750. The molecule has 1 aliphatic carbocycles. The largest absolute Gasteiger partial charge is 0.354 e. The Balaban J connectivity index is 2.02. The van der Waals surface area contributed by atoms with Crippen LogP contribution in [-0.4, -0.2) is 72.7 Å². The molecule has 0 bridgehead atoms. The van der Waals surface area contributed by atoms with Crippen molar-refractivity contribution in [2.75, 3.05) is 26.7 Å². The van der Waals surface area contributed by atoms with Crippen LogP contribution in [0, 0.1) is 11.8 Å². The van der Waals surface area contributed by atoms with E-state index in [1.165, 1.54) is 32.1 Å². The van der Waals surface area contributed by atoms with E-state index in [-0.39, 0.29) is 36.2 Å². The summed E-state index contributed by atoms with van der Waals surface area (Å²) in [5.41, 5.74) is 0.527. The smallest absolute Gasteiger partial charge is 0.249 e. The molecular weight excluding hydrogens is 408 g/mol. The molecule has 0 aromatic heterocycles. The number of likely N-dealkylation sites (tertiary alicyclic amines) is 1. The molecule has 2 fully saturated rings. The Morgan fingerprint density at radius 2 is 1.78 bits per heavy atom. The molecular formula is C24H40N4O4. The molecule has 1 saturated heterocycles. The van der Waals surface area contributed by atoms with Crippen LogP contribution in [0.15, 0.2) is 11.6 Å². The van der Waals surface area contributed by atoms with Crippen LogP contribution in [0.4, 0.5) is 0 Å². The van der Waals surface area contributed by atoms with Crippen LogP contribution in [0.5, 0.6) is 0 Å². The first-order chi connectivity index (χ1) is 15.3. The lowest BCUT2D eigenvalue weighted by Gasteiger charge is -2.30. The second-order valence-corrected chi connectivity index (χ2v) is 9.49. The summed E-state index contributed by atoms with van der Waals surface area (Å²) in [6, 6.07) is -0.718. The quantitative estimate of drug-likeness (QED) is 0.394. The normalized spacial score (nSPS) is 20.7. The third-order valence-corrected chi connectivity index (χ3v) is 6.72. The molecule has 1 aliphatic heterocycles. The first-order valence-corrected chi connectivity index (χ1v) is 12.0. The van der Waals surface area contributed by atoms with Crippen molar-refractivity contribution in [3.8, 4) is 0 Å². The van der Waals surface area contributed by atoms with Crippen molar-refractivity contribution in [3.05, 3.63) is 11.6 Å². The van der Waals surface area contributed by atoms with Gasteiger partial charge in [-0.05, 0) is 44.4 Å². The number of carbonyl (C=O) groups excluding carboxylic acids is 4. The molecule has 2 atom stereocenters. The summed E-state index contributed by atoms with van der Waals surface area (Å²) in [7, 11) is 1.67. The average Bonchev–Trinajstić information content (AvgIpc) is 3.28. The number of amides is 4. The van der Waals surface area contributed by atoms with Crippen molar-refractivity contribution in [1.29, 1.82) is 0 Å². The van der Waals surface area contributed by atoms with Crippen LogP contribution in [-0.2, 0) is 19.2 Å². The van der Waals surface area contributed by atoms with Crippen LogP contribution in [0.2, 0.25) is 0 Å². The molecule has 8 nitrogen and oxygen atoms in total. The summed E-state index contributed by atoms with van der Waals surface area (Å²) in [5.74, 6) is 0.192. The monoisotopic (exact) mass is 448 g/mol. The van der Waals surface area contributed by atoms with E-state index >= 15 is 0 Å². The van der Waals surface area contributed by atoms with Crippen LogP contribution in [0.1, 0.15) is 65.7 Å². The Labute approximate surface area is 192 Å². The standard InChI is InChI=1S/C24H40N4O4/c1-17(2)21(27(4)22(30)15-25-16-29)13-18(3)24(32)28-12-8-11-20(28)23(31)26-14-19-9-6-5-7-10-19/h13,16-17,19-21H,5-12,14-15H2,1-4H3,(H,25,29)(H,26,31)/b18-13+/t20?,21-/m1/s1. The van der Waals surface area contributed by atoms with Gasteiger partial charge in [-0.3, -0.25) is 19.2 Å². The lowest BCUT2D eigenvalue weighted by molar-refractivity contribution is -0.136. The zero-order chi connectivity index (χ0) is 23.7. The summed E-state index contributed by atoms with van der Waals surface area (Å²) >= 11 is 0. The highest BCUT2D eigenvalue weighted by Gasteiger charge is 2.35. The van der Waals surface area contributed by atoms with E-state index in [4.69, 9.17) is 0 Å². The van der Waals surface area contributed by atoms with Crippen LogP contribution >= 0.6 is 0 Å². The second kappa shape index (κ2) is 12.6. The minimum atomic E-state index is -0.428. The summed E-state index contributed by atoms with van der Waals surface area (Å²) in [6.07, 6.45) is 9.88. The van der Waals surface area contributed by atoms with Gasteiger partial charge in [-0.1, -0.05) is 39.2 Å². The highest BCUT2D eigenvalue weighted by atomic mass is 16.2. The summed E-state index contributed by atoms with van der Waals surface area (Å²) in [4.78, 5) is 52.1. The third kappa shape index (κ3) is 7.07. The van der Waals surface area contributed by atoms with Crippen molar-refractivity contribution >= 4 is 24.1 Å². The number of carbonyl (C=O) groups is 4. The van der Waals surface area contributed by atoms with Gasteiger partial charge in [0.15, 0.2) is 0 Å². The molecule has 32 heavy (non-hydrogen) atoms. The van der Waals surface area contributed by atoms with Gasteiger partial charge in [0, 0.05) is 25.7 Å². The van der Waals surface area contributed by atoms with E-state index in [1.54, 1.807) is 29.8 Å². The number of hydrogen-bond acceptors (Lipinski definition) is 4. The minimum Gasteiger partial charge on any atom is -0.354 e. The van der Waals surface area contributed by atoms with Crippen LogP contribution in [0.25, 0.3) is 0 Å². The maximum absolute atomic E-state index is 13.2. The lowest BCUT2D eigenvalue weighted by atomic mass is 9.89. The number of hydrogen-bond donors (Lipinski definition) is 2. The third-order valence-electron chi connectivity index (χ3n) is 6.72. The molecule has 8 heteroatoms. The zero-order valence-electron chi connectivity index (χ0n) is 20.1. The number of nitrogens with one attached hydrogen (secondary N) is 2. The maximum atomic E-state index is 13.2. The Morgan fingerprint density at radius 1 is 1.09 bits per heavy atom. The zero-order valence-corrected chi connectivity index (χ0v) is 20.1. The van der Waals surface area contributed by atoms with E-state index in [1.807, 2.05) is 13.8 Å². The Morgan fingerprint density at radius 3 is 2.41 bits per heavy atom. The molecule has 0 aromatic rings. The van der Waals surface area contributed by atoms with Gasteiger partial charge in [-0.15, -0.1) is 0 Å². The summed E-state index contributed by atoms with van der Waals surface area (Å²) in [6.45, 7) is 6.88. The molecule has 1 saturated carbocycles. The molecule has 0 spiro atoms. The first-order valence-electron chi connectivity index (χ1n) is 12.0. The first kappa shape index (κ1) is 25.9. The van der Waals surface area contributed by atoms with Gasteiger partial charge in [0.2, 0.25) is 24.1 Å². The van der Waals surface area contributed by atoms with Crippen molar-refractivity contribution < 1.29 is 19.2 Å². The fourth-order valence-corrected chi connectivity index (χ4v) is 4.76. The van der Waals surface area contributed by atoms with E-state index in [2.05, 4.69) is 10.6 Å². The number of rotatable bonds is 10. The molecule has 2 N–H and O–H groups in total. The molecule has 2 aliphatic rings. The van der Waals surface area contributed by atoms with E-state index in [0.717, 1.165) is 6.42 Å². The van der Waals surface area contributed by atoms with Gasteiger partial charge in [0.1, 0.15) is 6.04 Å². The molecule has 1 heterocycles. The summed E-state index contributed by atoms with van der Waals surface area (Å²) in [5, 5.41) is 5.47. The molecule has 0 aromatic carbocycles. The van der Waals surface area contributed by atoms with Crippen molar-refractivity contribution in [2.24, 2.45) is 11.8 Å². The van der Waals surface area contributed by atoms with E-state index in [0.29, 0.717) is 37.4 Å². The highest BCUT2D eigenvalue weighted by molar-refractivity contribution is 5.97.